The van der Waals surface area contributed by atoms with E-state index in [4.69, 9.17) is 11.6 Å². The summed E-state index contributed by atoms with van der Waals surface area (Å²) in [5.74, 6) is -1.17. The lowest BCUT2D eigenvalue weighted by Gasteiger charge is -2.33. The van der Waals surface area contributed by atoms with Crippen LogP contribution < -0.4 is 10.6 Å². The molecule has 7 nitrogen and oxygen atoms in total. The summed E-state index contributed by atoms with van der Waals surface area (Å²) in [6.45, 7) is 6.14. The molecule has 1 aliphatic rings. The third-order valence-electron chi connectivity index (χ3n) is 7.16. The number of benzene rings is 3. The van der Waals surface area contributed by atoms with Gasteiger partial charge in [0.1, 0.15) is 6.04 Å². The molecular weight excluding hydrogens is 546 g/mol. The smallest absolute Gasteiger partial charge is 0.254 e. The van der Waals surface area contributed by atoms with E-state index in [1.165, 1.54) is 16.7 Å². The highest BCUT2D eigenvalue weighted by atomic mass is 35.5. The fourth-order valence-electron chi connectivity index (χ4n) is 4.84. The van der Waals surface area contributed by atoms with E-state index < -0.39 is 34.7 Å². The van der Waals surface area contributed by atoms with Gasteiger partial charge in [-0.05, 0) is 56.0 Å². The molecule has 0 aliphatic carbocycles. The molecule has 210 valence electrons. The fraction of sp³-hybridized carbons (Fsp3) is 0.323. The first-order valence-electron chi connectivity index (χ1n) is 13.1. The van der Waals surface area contributed by atoms with E-state index in [1.54, 1.807) is 24.3 Å². The van der Waals surface area contributed by atoms with Crippen molar-refractivity contribution in [3.63, 3.8) is 0 Å². The number of aryl methyl sites for hydroxylation is 1. The van der Waals surface area contributed by atoms with Gasteiger partial charge in [-0.2, -0.15) is 0 Å². The van der Waals surface area contributed by atoms with Gasteiger partial charge in [-0.3, -0.25) is 14.4 Å². The minimum absolute atomic E-state index is 0.207. The lowest BCUT2D eigenvalue weighted by atomic mass is 9.96. The standard InChI is InChI=1S/C31H34ClN3O4S/c1-20-11-7-8-14-22(20)18-33-29(38)27-31(2,3)40-19-35(27)30(39)26(36)25(17-21-12-5-4-6-13-21)34-28(37)23-15-9-10-16-24(23)32/h4-16,25-27,36H,17-19H2,1-3H3,(H,33,38)(H,34,37). The number of nitrogens with zero attached hydrogens (tertiary/aromatic N) is 1. The number of carbonyl (C=O) groups excluding carboxylic acids is 3. The summed E-state index contributed by atoms with van der Waals surface area (Å²) in [5, 5.41) is 17.5. The summed E-state index contributed by atoms with van der Waals surface area (Å²) >= 11 is 7.70. The molecule has 0 spiro atoms. The average Bonchev–Trinajstić information content (AvgIpc) is 3.26. The molecule has 0 radical (unpaired) electrons. The second kappa shape index (κ2) is 12.9. The predicted molar refractivity (Wildman–Crippen MR) is 159 cm³/mol. The van der Waals surface area contributed by atoms with Crippen LogP contribution in [0.4, 0.5) is 0 Å². The van der Waals surface area contributed by atoms with Crippen molar-refractivity contribution in [2.75, 3.05) is 5.88 Å². The summed E-state index contributed by atoms with van der Waals surface area (Å²) in [5.41, 5.74) is 3.13. The maximum Gasteiger partial charge on any atom is 0.254 e. The third kappa shape index (κ3) is 6.86. The van der Waals surface area contributed by atoms with Crippen LogP contribution in [-0.2, 0) is 22.6 Å². The van der Waals surface area contributed by atoms with Crippen molar-refractivity contribution in [2.45, 2.75) is 56.7 Å². The Labute approximate surface area is 244 Å². The van der Waals surface area contributed by atoms with Crippen LogP contribution >= 0.6 is 23.4 Å². The predicted octanol–water partition coefficient (Wildman–Crippen LogP) is 4.35. The van der Waals surface area contributed by atoms with Crippen molar-refractivity contribution >= 4 is 41.1 Å². The molecule has 4 rings (SSSR count). The number of hydrogen-bond donors (Lipinski definition) is 3. The first kappa shape index (κ1) is 29.6. The van der Waals surface area contributed by atoms with Crippen molar-refractivity contribution in [3.8, 4) is 0 Å². The zero-order valence-electron chi connectivity index (χ0n) is 22.8. The highest BCUT2D eigenvalue weighted by molar-refractivity contribution is 8.00. The molecule has 3 aromatic rings. The molecule has 1 aliphatic heterocycles. The van der Waals surface area contributed by atoms with Crippen LogP contribution in [0.3, 0.4) is 0 Å². The molecule has 0 aromatic heterocycles. The topological polar surface area (TPSA) is 98.7 Å². The normalized spacial score (nSPS) is 17.6. The summed E-state index contributed by atoms with van der Waals surface area (Å²) in [7, 11) is 0. The molecule has 3 N–H and O–H groups in total. The Kier molecular flexibility index (Phi) is 9.56. The number of nitrogens with one attached hydrogen (secondary N) is 2. The van der Waals surface area contributed by atoms with E-state index in [2.05, 4.69) is 10.6 Å². The summed E-state index contributed by atoms with van der Waals surface area (Å²) in [6.07, 6.45) is -1.38. The quantitative estimate of drug-likeness (QED) is 0.350. The van der Waals surface area contributed by atoms with E-state index in [0.717, 1.165) is 16.7 Å². The molecular formula is C31H34ClN3O4S. The van der Waals surface area contributed by atoms with Gasteiger partial charge in [0.25, 0.3) is 11.8 Å². The highest BCUT2D eigenvalue weighted by Gasteiger charge is 2.49. The van der Waals surface area contributed by atoms with Gasteiger partial charge < -0.3 is 20.6 Å². The van der Waals surface area contributed by atoms with Crippen LogP contribution in [0.5, 0.6) is 0 Å². The largest absolute Gasteiger partial charge is 0.381 e. The van der Waals surface area contributed by atoms with Gasteiger partial charge in [0.15, 0.2) is 6.10 Å². The SMILES string of the molecule is Cc1ccccc1CNC(=O)C1N(C(=O)C(O)C(Cc2ccccc2)NC(=O)c2ccccc2Cl)CSC1(C)C. The monoisotopic (exact) mass is 579 g/mol. The van der Waals surface area contributed by atoms with Crippen LogP contribution in [0.2, 0.25) is 5.02 Å². The molecule has 9 heteroatoms. The molecule has 1 saturated heterocycles. The molecule has 40 heavy (non-hydrogen) atoms. The molecule has 1 heterocycles. The Morgan fingerprint density at radius 2 is 1.68 bits per heavy atom. The van der Waals surface area contributed by atoms with E-state index in [9.17, 15) is 19.5 Å². The number of amides is 3. The van der Waals surface area contributed by atoms with Gasteiger partial charge in [0.2, 0.25) is 5.91 Å². The molecule has 0 saturated carbocycles. The van der Waals surface area contributed by atoms with Gasteiger partial charge in [-0.15, -0.1) is 11.8 Å². The van der Waals surface area contributed by atoms with E-state index in [0.29, 0.717) is 6.54 Å². The van der Waals surface area contributed by atoms with Gasteiger partial charge in [0.05, 0.1) is 22.5 Å². The number of thioether (sulfide) groups is 1. The minimum Gasteiger partial charge on any atom is -0.381 e. The fourth-order valence-corrected chi connectivity index (χ4v) is 6.21. The van der Waals surface area contributed by atoms with E-state index in [1.807, 2.05) is 75.4 Å². The summed E-state index contributed by atoms with van der Waals surface area (Å²) < 4.78 is -0.582. The van der Waals surface area contributed by atoms with E-state index in [-0.39, 0.29) is 28.8 Å². The lowest BCUT2D eigenvalue weighted by molar-refractivity contribution is -0.147. The number of halogens is 1. The van der Waals surface area contributed by atoms with Crippen LogP contribution in [0, 0.1) is 6.92 Å². The molecule has 3 amide bonds. The summed E-state index contributed by atoms with van der Waals surface area (Å²) in [6, 6.07) is 21.9. The molecule has 3 unspecified atom stereocenters. The number of carbonyl (C=O) groups is 3. The molecule has 0 bridgehead atoms. The van der Waals surface area contributed by atoms with Crippen LogP contribution in [0.1, 0.15) is 40.9 Å². The Morgan fingerprint density at radius 3 is 2.38 bits per heavy atom. The van der Waals surface area contributed by atoms with Gasteiger partial charge >= 0.3 is 0 Å². The number of rotatable bonds is 9. The van der Waals surface area contributed by atoms with Gasteiger partial charge in [0, 0.05) is 11.3 Å². The maximum absolute atomic E-state index is 13.8. The van der Waals surface area contributed by atoms with Crippen molar-refractivity contribution in [3.05, 3.63) is 106 Å². The first-order chi connectivity index (χ1) is 19.1. The van der Waals surface area contributed by atoms with Crippen molar-refractivity contribution < 1.29 is 19.5 Å². The minimum atomic E-state index is -1.59. The highest BCUT2D eigenvalue weighted by Crippen LogP contribution is 2.40. The molecule has 3 aromatic carbocycles. The third-order valence-corrected chi connectivity index (χ3v) is 8.86. The zero-order valence-corrected chi connectivity index (χ0v) is 24.3. The van der Waals surface area contributed by atoms with Crippen molar-refractivity contribution in [2.24, 2.45) is 0 Å². The molecule has 3 atom stereocenters. The van der Waals surface area contributed by atoms with Crippen LogP contribution in [0.15, 0.2) is 78.9 Å². The second-order valence-corrected chi connectivity index (χ2v) is 12.4. The van der Waals surface area contributed by atoms with Crippen molar-refractivity contribution in [1.29, 1.82) is 0 Å². The number of aliphatic hydroxyl groups is 1. The van der Waals surface area contributed by atoms with Crippen molar-refractivity contribution in [1.82, 2.24) is 15.5 Å². The van der Waals surface area contributed by atoms with Crippen LogP contribution in [0.25, 0.3) is 0 Å². The van der Waals surface area contributed by atoms with Gasteiger partial charge in [-0.1, -0.05) is 78.3 Å². The van der Waals surface area contributed by atoms with Crippen LogP contribution in [-0.4, -0.2) is 56.5 Å². The molecule has 1 fully saturated rings. The number of aliphatic hydroxyl groups excluding tert-OH is 1. The average molecular weight is 580 g/mol. The van der Waals surface area contributed by atoms with E-state index >= 15 is 0 Å². The Balaban J connectivity index is 1.55. The summed E-state index contributed by atoms with van der Waals surface area (Å²) in [4.78, 5) is 41.8. The Morgan fingerprint density at radius 1 is 1.02 bits per heavy atom. The zero-order chi connectivity index (χ0) is 28.9. The lowest BCUT2D eigenvalue weighted by Crippen LogP contribution is -2.58. The Bertz CT molecular complexity index is 1370. The second-order valence-electron chi connectivity index (χ2n) is 10.4. The maximum atomic E-state index is 13.8. The first-order valence-corrected chi connectivity index (χ1v) is 14.5. The Hall–Kier alpha value is -3.33. The number of hydrogen-bond acceptors (Lipinski definition) is 5. The van der Waals surface area contributed by atoms with Gasteiger partial charge in [-0.25, -0.2) is 0 Å².